The third-order valence-electron chi connectivity index (χ3n) is 3.36. The van der Waals surface area contributed by atoms with Crippen LogP contribution in [0.15, 0.2) is 18.2 Å². The molecule has 0 saturated carbocycles. The van der Waals surface area contributed by atoms with E-state index in [1.54, 1.807) is 18.2 Å². The van der Waals surface area contributed by atoms with Crippen LogP contribution in [0.25, 0.3) is 0 Å². The van der Waals surface area contributed by atoms with Crippen LogP contribution in [0.4, 0.5) is 4.39 Å². The van der Waals surface area contributed by atoms with E-state index in [2.05, 4.69) is 4.90 Å². The monoisotopic (exact) mass is 257 g/mol. The average molecular weight is 258 g/mol. The van der Waals surface area contributed by atoms with Crippen molar-refractivity contribution in [2.75, 3.05) is 13.1 Å². The first kappa shape index (κ1) is 12.8. The van der Waals surface area contributed by atoms with Gasteiger partial charge in [-0.2, -0.15) is 0 Å². The molecule has 0 unspecified atom stereocenters. The minimum atomic E-state index is -0.566. The number of nitrogens with zero attached hydrogens (tertiary/aromatic N) is 1. The first-order chi connectivity index (χ1) is 7.98. The highest BCUT2D eigenvalue weighted by molar-refractivity contribution is 6.30. The lowest BCUT2D eigenvalue weighted by atomic mass is 9.93. The van der Waals surface area contributed by atoms with Gasteiger partial charge in [-0.1, -0.05) is 23.7 Å². The zero-order chi connectivity index (χ0) is 12.5. The molecule has 1 aliphatic heterocycles. The molecule has 4 heteroatoms. The number of piperidine rings is 1. The van der Waals surface area contributed by atoms with E-state index in [9.17, 15) is 9.50 Å². The maximum Gasteiger partial charge on any atom is 0.146 e. The average Bonchev–Trinajstić information content (AvgIpc) is 2.27. The zero-order valence-corrected chi connectivity index (χ0v) is 10.7. The summed E-state index contributed by atoms with van der Waals surface area (Å²) in [5, 5.41) is 10.0. The third kappa shape index (κ3) is 3.18. The second kappa shape index (κ2) is 4.92. The van der Waals surface area contributed by atoms with Crippen molar-refractivity contribution in [2.45, 2.75) is 31.9 Å². The van der Waals surface area contributed by atoms with Gasteiger partial charge in [0.25, 0.3) is 0 Å². The zero-order valence-electron chi connectivity index (χ0n) is 9.92. The molecule has 1 heterocycles. The van der Waals surface area contributed by atoms with Crippen LogP contribution in [-0.4, -0.2) is 28.7 Å². The number of rotatable bonds is 2. The van der Waals surface area contributed by atoms with Crippen LogP contribution in [-0.2, 0) is 6.54 Å². The van der Waals surface area contributed by atoms with Crippen LogP contribution in [0.5, 0.6) is 0 Å². The van der Waals surface area contributed by atoms with Crippen molar-refractivity contribution in [1.82, 2.24) is 4.90 Å². The highest BCUT2D eigenvalue weighted by Gasteiger charge is 2.27. The molecule has 1 saturated heterocycles. The lowest BCUT2D eigenvalue weighted by Crippen LogP contribution is -2.42. The molecule has 1 aromatic rings. The summed E-state index contributed by atoms with van der Waals surface area (Å²) in [6.07, 6.45) is 1.46. The van der Waals surface area contributed by atoms with E-state index in [0.717, 1.165) is 25.9 Å². The van der Waals surface area contributed by atoms with E-state index in [1.165, 1.54) is 0 Å². The number of hydrogen-bond acceptors (Lipinski definition) is 2. The normalized spacial score (nSPS) is 20.5. The van der Waals surface area contributed by atoms with E-state index in [4.69, 9.17) is 11.6 Å². The van der Waals surface area contributed by atoms with E-state index in [-0.39, 0.29) is 10.8 Å². The SMILES string of the molecule is CC1(O)CCN(Cc2cccc(Cl)c2F)CC1. The molecule has 2 rings (SSSR count). The Kier molecular flexibility index (Phi) is 3.71. The molecule has 0 aromatic heterocycles. The first-order valence-electron chi connectivity index (χ1n) is 5.85. The fourth-order valence-electron chi connectivity index (χ4n) is 2.10. The van der Waals surface area contributed by atoms with Gasteiger partial charge in [0.15, 0.2) is 0 Å². The van der Waals surface area contributed by atoms with Crippen molar-refractivity contribution in [3.63, 3.8) is 0 Å². The van der Waals surface area contributed by atoms with Crippen molar-refractivity contribution in [1.29, 1.82) is 0 Å². The number of halogens is 2. The molecule has 1 fully saturated rings. The molecule has 0 aliphatic carbocycles. The summed E-state index contributed by atoms with van der Waals surface area (Å²) < 4.78 is 13.7. The number of aliphatic hydroxyl groups is 1. The molecule has 0 atom stereocenters. The highest BCUT2D eigenvalue weighted by atomic mass is 35.5. The lowest BCUT2D eigenvalue weighted by Gasteiger charge is -2.35. The van der Waals surface area contributed by atoms with E-state index in [1.807, 2.05) is 6.92 Å². The van der Waals surface area contributed by atoms with Crippen LogP contribution in [0, 0.1) is 5.82 Å². The predicted octanol–water partition coefficient (Wildman–Crippen LogP) is 2.83. The Bertz CT molecular complexity index is 398. The van der Waals surface area contributed by atoms with E-state index >= 15 is 0 Å². The summed E-state index contributed by atoms with van der Waals surface area (Å²) >= 11 is 5.74. The van der Waals surface area contributed by atoms with E-state index < -0.39 is 5.60 Å². The van der Waals surface area contributed by atoms with Crippen LogP contribution < -0.4 is 0 Å². The minimum absolute atomic E-state index is 0.173. The van der Waals surface area contributed by atoms with Gasteiger partial charge >= 0.3 is 0 Å². The predicted molar refractivity (Wildman–Crippen MR) is 66.5 cm³/mol. The fourth-order valence-corrected chi connectivity index (χ4v) is 2.30. The van der Waals surface area contributed by atoms with Gasteiger partial charge in [-0.15, -0.1) is 0 Å². The number of benzene rings is 1. The van der Waals surface area contributed by atoms with Gasteiger partial charge < -0.3 is 5.11 Å². The molecule has 2 nitrogen and oxygen atoms in total. The highest BCUT2D eigenvalue weighted by Crippen LogP contribution is 2.24. The summed E-state index contributed by atoms with van der Waals surface area (Å²) in [5.74, 6) is -0.327. The smallest absolute Gasteiger partial charge is 0.146 e. The summed E-state index contributed by atoms with van der Waals surface area (Å²) in [6.45, 7) is 3.99. The quantitative estimate of drug-likeness (QED) is 0.881. The molecule has 1 N–H and O–H groups in total. The first-order valence-corrected chi connectivity index (χ1v) is 6.23. The van der Waals surface area contributed by atoms with Crippen molar-refractivity contribution in [2.24, 2.45) is 0 Å². The van der Waals surface area contributed by atoms with Gasteiger partial charge in [-0.25, -0.2) is 4.39 Å². The Morgan fingerprint density at radius 1 is 1.41 bits per heavy atom. The van der Waals surface area contributed by atoms with Crippen LogP contribution in [0.1, 0.15) is 25.3 Å². The Morgan fingerprint density at radius 2 is 2.06 bits per heavy atom. The standard InChI is InChI=1S/C13H17ClFNO/c1-13(17)5-7-16(8-6-13)9-10-3-2-4-11(14)12(10)15/h2-4,17H,5-9H2,1H3. The molecule has 0 spiro atoms. The van der Waals surface area contributed by atoms with Gasteiger partial charge in [-0.3, -0.25) is 4.90 Å². The Hall–Kier alpha value is -0.640. The molecule has 0 amide bonds. The maximum atomic E-state index is 13.7. The number of hydrogen-bond donors (Lipinski definition) is 1. The van der Waals surface area contributed by atoms with E-state index in [0.29, 0.717) is 12.1 Å². The van der Waals surface area contributed by atoms with Gasteiger partial charge in [0.05, 0.1) is 10.6 Å². The molecule has 1 aromatic carbocycles. The van der Waals surface area contributed by atoms with Crippen molar-refractivity contribution >= 4 is 11.6 Å². The maximum absolute atomic E-state index is 13.7. The summed E-state index contributed by atoms with van der Waals surface area (Å²) in [7, 11) is 0. The topological polar surface area (TPSA) is 23.5 Å². The third-order valence-corrected chi connectivity index (χ3v) is 3.65. The Labute approximate surface area is 106 Å². The second-order valence-electron chi connectivity index (χ2n) is 4.99. The largest absolute Gasteiger partial charge is 0.390 e. The molecule has 0 radical (unpaired) electrons. The Morgan fingerprint density at radius 3 is 2.71 bits per heavy atom. The van der Waals surface area contributed by atoms with Gasteiger partial charge in [0, 0.05) is 25.2 Å². The van der Waals surface area contributed by atoms with Crippen LogP contribution in [0.2, 0.25) is 5.02 Å². The Balaban J connectivity index is 2.00. The summed E-state index contributed by atoms with van der Waals surface area (Å²) in [6, 6.07) is 5.08. The lowest BCUT2D eigenvalue weighted by molar-refractivity contribution is -0.00749. The molecular weight excluding hydrogens is 241 g/mol. The van der Waals surface area contributed by atoms with Gasteiger partial charge in [0.2, 0.25) is 0 Å². The van der Waals surface area contributed by atoms with Crippen LogP contribution >= 0.6 is 11.6 Å². The minimum Gasteiger partial charge on any atom is -0.390 e. The second-order valence-corrected chi connectivity index (χ2v) is 5.39. The van der Waals surface area contributed by atoms with Crippen molar-refractivity contribution < 1.29 is 9.50 Å². The van der Waals surface area contributed by atoms with Gasteiger partial charge in [-0.05, 0) is 25.8 Å². The molecular formula is C13H17ClFNO. The van der Waals surface area contributed by atoms with Crippen molar-refractivity contribution in [3.05, 3.63) is 34.6 Å². The fraction of sp³-hybridized carbons (Fsp3) is 0.538. The number of likely N-dealkylation sites (tertiary alicyclic amines) is 1. The molecule has 94 valence electrons. The van der Waals surface area contributed by atoms with Gasteiger partial charge in [0.1, 0.15) is 5.82 Å². The van der Waals surface area contributed by atoms with Crippen molar-refractivity contribution in [3.8, 4) is 0 Å². The molecule has 17 heavy (non-hydrogen) atoms. The molecule has 1 aliphatic rings. The summed E-state index contributed by atoms with van der Waals surface area (Å²) in [5.41, 5.74) is 0.0580. The molecule has 0 bridgehead atoms. The van der Waals surface area contributed by atoms with Crippen LogP contribution in [0.3, 0.4) is 0 Å². The summed E-state index contributed by atoms with van der Waals surface area (Å²) in [4.78, 5) is 2.15.